The lowest BCUT2D eigenvalue weighted by molar-refractivity contribution is 0.0559. The van der Waals surface area contributed by atoms with Crippen molar-refractivity contribution in [3.63, 3.8) is 0 Å². The van der Waals surface area contributed by atoms with Gasteiger partial charge in [0.15, 0.2) is 0 Å². The van der Waals surface area contributed by atoms with Crippen LogP contribution in [0.2, 0.25) is 13.1 Å². The van der Waals surface area contributed by atoms with Gasteiger partial charge in [0.2, 0.25) is 9.04 Å². The number of rotatable bonds is 9. The topological polar surface area (TPSA) is 75.5 Å². The van der Waals surface area contributed by atoms with E-state index in [1.54, 1.807) is 0 Å². The summed E-state index contributed by atoms with van der Waals surface area (Å²) in [4.78, 5) is 26.4. The number of methoxy groups -OCH3 is 2. The van der Waals surface area contributed by atoms with Gasteiger partial charge in [0.25, 0.3) is 0 Å². The van der Waals surface area contributed by atoms with Crippen LogP contribution in [0.1, 0.15) is 58.7 Å². The zero-order chi connectivity index (χ0) is 30.2. The number of carbonyl (C=O) groups is 2. The number of aromatic nitrogens is 1. The number of pyridine rings is 1. The zero-order valence-corrected chi connectivity index (χ0v) is 26.1. The SMILES string of the molecule is COC(=O)c1c(C(=O)OC)c2c(-c3ccc(OCc4ccccc4)cc3)cc3c(C(O[Si](C)C)C(C)(C)C)ccc1n32. The highest BCUT2D eigenvalue weighted by atomic mass is 28.3. The van der Waals surface area contributed by atoms with Gasteiger partial charge in [0.05, 0.1) is 36.9 Å². The second kappa shape index (κ2) is 11.6. The molecule has 0 bridgehead atoms. The van der Waals surface area contributed by atoms with Crippen LogP contribution in [-0.2, 0) is 20.5 Å². The molecule has 0 aliphatic carbocycles. The smallest absolute Gasteiger partial charge is 0.340 e. The maximum atomic E-state index is 13.3. The molecule has 3 heterocycles. The summed E-state index contributed by atoms with van der Waals surface area (Å²) in [5.74, 6) is -0.474. The summed E-state index contributed by atoms with van der Waals surface area (Å²) in [5, 5.41) is 0. The molecule has 0 aliphatic rings. The Morgan fingerprint density at radius 1 is 0.833 bits per heavy atom. The van der Waals surface area contributed by atoms with Crippen molar-refractivity contribution in [2.24, 2.45) is 5.41 Å². The number of nitrogens with zero attached hydrogens (tertiary/aromatic N) is 1. The van der Waals surface area contributed by atoms with Crippen molar-refractivity contribution < 1.29 is 28.2 Å². The predicted molar refractivity (Wildman–Crippen MR) is 166 cm³/mol. The molecule has 3 aromatic heterocycles. The van der Waals surface area contributed by atoms with E-state index in [1.165, 1.54) is 14.2 Å². The van der Waals surface area contributed by atoms with Crippen LogP contribution in [0.5, 0.6) is 5.75 Å². The summed E-state index contributed by atoms with van der Waals surface area (Å²) >= 11 is 0. The molecule has 7 nitrogen and oxygen atoms in total. The molecule has 217 valence electrons. The molecule has 42 heavy (non-hydrogen) atoms. The molecule has 0 spiro atoms. The third-order valence-corrected chi connectivity index (χ3v) is 8.02. The fraction of sp³-hybridized carbons (Fsp3) is 0.294. The Labute approximate surface area is 248 Å². The minimum Gasteiger partial charge on any atom is -0.489 e. The monoisotopic (exact) mass is 582 g/mol. The maximum absolute atomic E-state index is 13.3. The van der Waals surface area contributed by atoms with E-state index in [0.717, 1.165) is 33.5 Å². The van der Waals surface area contributed by atoms with Crippen molar-refractivity contribution in [3.8, 4) is 16.9 Å². The van der Waals surface area contributed by atoms with E-state index in [9.17, 15) is 9.59 Å². The maximum Gasteiger partial charge on any atom is 0.340 e. The molecule has 1 unspecified atom stereocenters. The van der Waals surface area contributed by atoms with Crippen LogP contribution in [0.4, 0.5) is 0 Å². The van der Waals surface area contributed by atoms with E-state index in [2.05, 4.69) is 39.9 Å². The minimum absolute atomic E-state index is 0.180. The first-order valence-corrected chi connectivity index (χ1v) is 16.3. The fourth-order valence-corrected chi connectivity index (χ4v) is 6.41. The molecule has 5 aromatic rings. The number of ether oxygens (including phenoxy) is 3. The Balaban J connectivity index is 1.72. The summed E-state index contributed by atoms with van der Waals surface area (Å²) in [5.41, 5.74) is 5.94. The second-order valence-corrected chi connectivity index (χ2v) is 13.7. The number of benzene rings is 2. The zero-order valence-electron chi connectivity index (χ0n) is 25.1. The summed E-state index contributed by atoms with van der Waals surface area (Å²) in [6.07, 6.45) is -0.205. The molecule has 8 heteroatoms. The number of hydrogen-bond acceptors (Lipinski definition) is 6. The summed E-state index contributed by atoms with van der Waals surface area (Å²) in [7, 11) is 1.58. The Kier molecular flexibility index (Phi) is 8.12. The quantitative estimate of drug-likeness (QED) is 0.131. The molecule has 0 saturated carbocycles. The Hall–Kier alpha value is -4.14. The van der Waals surface area contributed by atoms with E-state index in [0.29, 0.717) is 17.6 Å². The fourth-order valence-electron chi connectivity index (χ4n) is 5.46. The first-order chi connectivity index (χ1) is 20.0. The molecular formula is C34H36NO6Si. The van der Waals surface area contributed by atoms with Crippen molar-refractivity contribution in [1.82, 2.24) is 4.40 Å². The Morgan fingerprint density at radius 2 is 1.48 bits per heavy atom. The van der Waals surface area contributed by atoms with Gasteiger partial charge in [0, 0.05) is 11.1 Å². The van der Waals surface area contributed by atoms with Gasteiger partial charge in [-0.2, -0.15) is 0 Å². The van der Waals surface area contributed by atoms with Crippen LogP contribution in [0.15, 0.2) is 72.8 Å². The normalized spacial score (nSPS) is 12.7. The van der Waals surface area contributed by atoms with E-state index >= 15 is 0 Å². The molecular weight excluding hydrogens is 546 g/mol. The van der Waals surface area contributed by atoms with Crippen LogP contribution in [0.25, 0.3) is 27.7 Å². The highest BCUT2D eigenvalue weighted by Gasteiger charge is 2.35. The van der Waals surface area contributed by atoms with Gasteiger partial charge in [-0.05, 0) is 53.9 Å². The van der Waals surface area contributed by atoms with Crippen LogP contribution in [0.3, 0.4) is 0 Å². The van der Waals surface area contributed by atoms with Gasteiger partial charge >= 0.3 is 11.9 Å². The van der Waals surface area contributed by atoms with E-state index < -0.39 is 21.0 Å². The standard InChI is InChI=1S/C34H36NO6Si/c1-34(2,3)31(41-42(6)7)24-17-18-26-28(32(36)38-4)29(33(37)39-5)30-25(19-27(24)35(26)30)22-13-15-23(16-14-22)40-20-21-11-9-8-10-12-21/h8-19,31H,20H2,1-7H3. The summed E-state index contributed by atoms with van der Waals surface area (Å²) < 4.78 is 24.9. The number of carbonyl (C=O) groups excluding carboxylic acids is 2. The molecule has 0 aliphatic heterocycles. The third kappa shape index (κ3) is 5.40. The van der Waals surface area contributed by atoms with Crippen LogP contribution < -0.4 is 4.74 Å². The highest BCUT2D eigenvalue weighted by molar-refractivity contribution is 6.48. The summed E-state index contributed by atoms with van der Waals surface area (Å²) in [6, 6.07) is 23.7. The molecule has 0 saturated heterocycles. The lowest BCUT2D eigenvalue weighted by Crippen LogP contribution is -2.26. The van der Waals surface area contributed by atoms with Gasteiger partial charge in [-0.1, -0.05) is 69.3 Å². The highest BCUT2D eigenvalue weighted by Crippen LogP contribution is 2.44. The average molecular weight is 583 g/mol. The van der Waals surface area contributed by atoms with E-state index in [4.69, 9.17) is 18.6 Å². The minimum atomic E-state index is -1.05. The number of hydrogen-bond donors (Lipinski definition) is 0. The molecule has 5 rings (SSSR count). The average Bonchev–Trinajstić information content (AvgIpc) is 3.53. The van der Waals surface area contributed by atoms with Crippen LogP contribution >= 0.6 is 0 Å². The first-order valence-electron chi connectivity index (χ1n) is 13.9. The molecule has 1 atom stereocenters. The van der Waals surface area contributed by atoms with Crippen molar-refractivity contribution in [2.45, 2.75) is 46.6 Å². The second-order valence-electron chi connectivity index (χ2n) is 11.6. The molecule has 1 radical (unpaired) electrons. The lowest BCUT2D eigenvalue weighted by Gasteiger charge is -2.33. The molecule has 0 N–H and O–H groups in total. The van der Waals surface area contributed by atoms with Gasteiger partial charge < -0.3 is 23.0 Å². The van der Waals surface area contributed by atoms with Gasteiger partial charge in [-0.15, -0.1) is 0 Å². The van der Waals surface area contributed by atoms with Crippen molar-refractivity contribution in [3.05, 3.63) is 95.1 Å². The molecule has 2 aromatic carbocycles. The van der Waals surface area contributed by atoms with Crippen molar-refractivity contribution in [1.29, 1.82) is 0 Å². The lowest BCUT2D eigenvalue weighted by atomic mass is 9.84. The largest absolute Gasteiger partial charge is 0.489 e. The van der Waals surface area contributed by atoms with Crippen LogP contribution in [0, 0.1) is 5.41 Å². The Morgan fingerprint density at radius 3 is 2.07 bits per heavy atom. The first kappa shape index (κ1) is 29.4. The molecule has 0 fully saturated rings. The predicted octanol–water partition coefficient (Wildman–Crippen LogP) is 7.70. The van der Waals surface area contributed by atoms with Crippen molar-refractivity contribution >= 4 is 37.5 Å². The Bertz CT molecular complexity index is 1720. The van der Waals surface area contributed by atoms with Gasteiger partial charge in [-0.25, -0.2) is 9.59 Å². The molecule has 0 amide bonds. The van der Waals surface area contributed by atoms with Gasteiger partial charge in [0.1, 0.15) is 23.5 Å². The van der Waals surface area contributed by atoms with Crippen molar-refractivity contribution in [2.75, 3.05) is 14.2 Å². The van der Waals surface area contributed by atoms with E-state index in [1.807, 2.05) is 71.1 Å². The van der Waals surface area contributed by atoms with Crippen LogP contribution in [-0.4, -0.2) is 39.6 Å². The van der Waals surface area contributed by atoms with Gasteiger partial charge in [-0.3, -0.25) is 0 Å². The third-order valence-electron chi connectivity index (χ3n) is 7.32. The van der Waals surface area contributed by atoms with E-state index in [-0.39, 0.29) is 22.6 Å². The summed E-state index contributed by atoms with van der Waals surface area (Å²) in [6.45, 7) is 11.2. The number of esters is 2.